The second-order valence-corrected chi connectivity index (χ2v) is 2.32. The number of piperazine rings is 1. The molecule has 1 atom stereocenters. The monoisotopic (exact) mass is 382 g/mol. The van der Waals surface area contributed by atoms with Crippen molar-refractivity contribution in [2.75, 3.05) is 19.6 Å². The molecule has 0 amide bonds. The van der Waals surface area contributed by atoms with Crippen LogP contribution in [0.3, 0.4) is 0 Å². The Kier molecular flexibility index (Phi) is 8.42. The van der Waals surface area contributed by atoms with Crippen LogP contribution in [0.15, 0.2) is 0 Å². The number of hydrogen-bond donors (Lipinski definition) is 2. The maximum atomic E-state index is 10.7. The third-order valence-corrected chi connectivity index (χ3v) is 1.53. The summed E-state index contributed by atoms with van der Waals surface area (Å²) in [5, 5.41) is 6.24. The van der Waals surface area contributed by atoms with Gasteiger partial charge in [-0.15, -0.1) is 0 Å². The summed E-state index contributed by atoms with van der Waals surface area (Å²) in [4.78, 5) is 10.7. The first-order valence-electron chi connectivity index (χ1n) is 3.39. The van der Waals surface area contributed by atoms with E-state index in [1.54, 1.807) is 6.92 Å². The highest BCUT2D eigenvalue weighted by Crippen LogP contribution is 1.89. The molecule has 11 heavy (non-hydrogen) atoms. The fraction of sp³-hybridized carbons (Fsp3) is 0.833. The first-order valence-corrected chi connectivity index (χ1v) is 9.68. The van der Waals surface area contributed by atoms with Gasteiger partial charge in [0.15, 0.2) is 0 Å². The number of Topliss-reactive ketones (excluding diaryl/α,β-unsaturated/α-hetero) is 1. The van der Waals surface area contributed by atoms with Gasteiger partial charge in [0.05, 0.1) is 6.04 Å². The number of ketones is 1. The van der Waals surface area contributed by atoms with Gasteiger partial charge in [-0.2, -0.15) is 0 Å². The second kappa shape index (κ2) is 7.69. The molecular formula is C6H12I2N2O. The molecule has 1 rings (SSSR count). The molecule has 1 aliphatic heterocycles. The first kappa shape index (κ1) is 12.0. The molecule has 1 fully saturated rings. The molecule has 0 aromatic heterocycles. The number of carbonyl (C=O) groups is 1. The van der Waals surface area contributed by atoms with E-state index in [0.717, 1.165) is 19.6 Å². The molecule has 0 aromatic rings. The molecule has 0 radical (unpaired) electrons. The van der Waals surface area contributed by atoms with E-state index in [9.17, 15) is 4.79 Å². The number of rotatable bonds is 1. The molecule has 2 N–H and O–H groups in total. The van der Waals surface area contributed by atoms with Crippen LogP contribution in [-0.2, 0) is 4.79 Å². The van der Waals surface area contributed by atoms with Crippen LogP contribution < -0.4 is 10.6 Å². The summed E-state index contributed by atoms with van der Waals surface area (Å²) in [5.41, 5.74) is 0. The summed E-state index contributed by atoms with van der Waals surface area (Å²) in [5.74, 6) is 0.224. The third-order valence-electron chi connectivity index (χ3n) is 1.53. The minimum absolute atomic E-state index is 0.0544. The average molecular weight is 382 g/mol. The Balaban J connectivity index is 0.000000461. The van der Waals surface area contributed by atoms with Gasteiger partial charge in [0.1, 0.15) is 5.78 Å². The third kappa shape index (κ3) is 5.31. The number of carbonyl (C=O) groups excluding carboxylic acids is 1. The highest BCUT2D eigenvalue weighted by atomic mass is 128. The Morgan fingerprint density at radius 3 is 2.36 bits per heavy atom. The molecule has 1 saturated heterocycles. The zero-order chi connectivity index (χ0) is 8.69. The van der Waals surface area contributed by atoms with Crippen LogP contribution in [0, 0.1) is 0 Å². The molecular weight excluding hydrogens is 370 g/mol. The molecule has 0 spiro atoms. The van der Waals surface area contributed by atoms with Gasteiger partial charge < -0.3 is 10.6 Å². The fourth-order valence-corrected chi connectivity index (χ4v) is 0.941. The standard InChI is InChI=1S/C6H12N2O.I2/c1-5(9)6-4-7-2-3-8-6;1-2/h6-8H,2-4H2,1H3;/t6-;/m1./s1. The van der Waals surface area contributed by atoms with E-state index in [4.69, 9.17) is 0 Å². The van der Waals surface area contributed by atoms with E-state index in [2.05, 4.69) is 47.9 Å². The van der Waals surface area contributed by atoms with E-state index in [0.29, 0.717) is 0 Å². The zero-order valence-electron chi connectivity index (χ0n) is 6.36. The van der Waals surface area contributed by atoms with Crippen molar-refractivity contribution in [1.29, 1.82) is 0 Å². The highest BCUT2D eigenvalue weighted by molar-refractivity contribution is 15.0. The van der Waals surface area contributed by atoms with Crippen molar-refractivity contribution >= 4 is 43.0 Å². The average Bonchev–Trinajstić information content (AvgIpc) is 2.10. The van der Waals surface area contributed by atoms with Crippen molar-refractivity contribution in [2.45, 2.75) is 13.0 Å². The Morgan fingerprint density at radius 2 is 2.09 bits per heavy atom. The lowest BCUT2D eigenvalue weighted by atomic mass is 10.2. The summed E-state index contributed by atoms with van der Waals surface area (Å²) in [7, 11) is 0. The van der Waals surface area contributed by atoms with Gasteiger partial charge in [-0.25, -0.2) is 0 Å². The van der Waals surface area contributed by atoms with Gasteiger partial charge in [0, 0.05) is 56.9 Å². The van der Waals surface area contributed by atoms with Crippen LogP contribution >= 0.6 is 37.2 Å². The number of halogens is 2. The lowest BCUT2D eigenvalue weighted by Gasteiger charge is -2.21. The van der Waals surface area contributed by atoms with Crippen LogP contribution in [0.2, 0.25) is 0 Å². The first-order chi connectivity index (χ1) is 5.30. The maximum Gasteiger partial charge on any atom is 0.147 e. The predicted octanol–water partition coefficient (Wildman–Crippen LogP) is 0.908. The van der Waals surface area contributed by atoms with Crippen molar-refractivity contribution in [3.63, 3.8) is 0 Å². The fourth-order valence-electron chi connectivity index (χ4n) is 0.941. The summed E-state index contributed by atoms with van der Waals surface area (Å²) in [6, 6.07) is 0.0544. The minimum Gasteiger partial charge on any atom is -0.313 e. The van der Waals surface area contributed by atoms with E-state index in [1.807, 2.05) is 0 Å². The maximum absolute atomic E-state index is 10.7. The molecule has 0 aliphatic carbocycles. The highest BCUT2D eigenvalue weighted by Gasteiger charge is 2.14. The topological polar surface area (TPSA) is 41.1 Å². The normalized spacial score (nSPS) is 23.4. The molecule has 66 valence electrons. The SMILES string of the molecule is CC(=O)[C@H]1CNCCN1.II. The summed E-state index contributed by atoms with van der Waals surface area (Å²) in [6.07, 6.45) is 0. The Bertz CT molecular complexity index is 115. The molecule has 0 unspecified atom stereocenters. The van der Waals surface area contributed by atoms with Gasteiger partial charge in [-0.1, -0.05) is 0 Å². The van der Waals surface area contributed by atoms with Gasteiger partial charge in [-0.3, -0.25) is 4.79 Å². The Labute approximate surface area is 90.4 Å². The van der Waals surface area contributed by atoms with Crippen LogP contribution in [-0.4, -0.2) is 31.5 Å². The van der Waals surface area contributed by atoms with Gasteiger partial charge in [0.25, 0.3) is 0 Å². The van der Waals surface area contributed by atoms with Crippen LogP contribution in [0.25, 0.3) is 0 Å². The zero-order valence-corrected chi connectivity index (χ0v) is 10.7. The number of nitrogens with one attached hydrogen (secondary N) is 2. The van der Waals surface area contributed by atoms with Gasteiger partial charge in [-0.05, 0) is 6.92 Å². The van der Waals surface area contributed by atoms with E-state index in [-0.39, 0.29) is 11.8 Å². The second-order valence-electron chi connectivity index (χ2n) is 2.32. The van der Waals surface area contributed by atoms with E-state index in [1.165, 1.54) is 0 Å². The van der Waals surface area contributed by atoms with Crippen LogP contribution in [0.1, 0.15) is 6.92 Å². The molecule has 0 saturated carbocycles. The van der Waals surface area contributed by atoms with Gasteiger partial charge >= 0.3 is 0 Å². The smallest absolute Gasteiger partial charge is 0.147 e. The summed E-state index contributed by atoms with van der Waals surface area (Å²) < 4.78 is 0. The molecule has 1 heterocycles. The minimum atomic E-state index is 0.0544. The molecule has 3 nitrogen and oxygen atoms in total. The Morgan fingerprint density at radius 1 is 1.45 bits per heavy atom. The van der Waals surface area contributed by atoms with Gasteiger partial charge in [0.2, 0.25) is 0 Å². The Hall–Kier alpha value is 1.05. The van der Waals surface area contributed by atoms with Crippen molar-refractivity contribution in [2.24, 2.45) is 0 Å². The van der Waals surface area contributed by atoms with Crippen molar-refractivity contribution in [1.82, 2.24) is 10.6 Å². The lowest BCUT2D eigenvalue weighted by Crippen LogP contribution is -2.51. The number of hydrogen-bond acceptors (Lipinski definition) is 3. The summed E-state index contributed by atoms with van der Waals surface area (Å²) in [6.45, 7) is 4.29. The quantitative estimate of drug-likeness (QED) is 0.663. The van der Waals surface area contributed by atoms with Crippen molar-refractivity contribution in [3.05, 3.63) is 0 Å². The predicted molar refractivity (Wildman–Crippen MR) is 63.4 cm³/mol. The van der Waals surface area contributed by atoms with Crippen molar-refractivity contribution in [3.8, 4) is 0 Å². The molecule has 1 aliphatic rings. The lowest BCUT2D eigenvalue weighted by molar-refractivity contribution is -0.119. The van der Waals surface area contributed by atoms with Crippen LogP contribution in [0.5, 0.6) is 0 Å². The largest absolute Gasteiger partial charge is 0.313 e. The van der Waals surface area contributed by atoms with Crippen LogP contribution in [0.4, 0.5) is 0 Å². The molecule has 5 heteroatoms. The summed E-state index contributed by atoms with van der Waals surface area (Å²) >= 11 is 4.24. The van der Waals surface area contributed by atoms with Crippen molar-refractivity contribution < 1.29 is 4.79 Å². The van der Waals surface area contributed by atoms with E-state index >= 15 is 0 Å². The molecule has 0 bridgehead atoms. The molecule has 0 aromatic carbocycles. The van der Waals surface area contributed by atoms with E-state index < -0.39 is 0 Å².